The number of methoxy groups -OCH3 is 1. The van der Waals surface area contributed by atoms with E-state index in [-0.39, 0.29) is 0 Å². The zero-order valence-electron chi connectivity index (χ0n) is 11.8. The van der Waals surface area contributed by atoms with Gasteiger partial charge in [-0.3, -0.25) is 0 Å². The van der Waals surface area contributed by atoms with Crippen molar-refractivity contribution >= 4 is 6.01 Å². The van der Waals surface area contributed by atoms with E-state index in [9.17, 15) is 0 Å². The summed E-state index contributed by atoms with van der Waals surface area (Å²) in [6.07, 6.45) is 1.08. The lowest BCUT2D eigenvalue weighted by Gasteiger charge is -2.03. The van der Waals surface area contributed by atoms with E-state index in [0.29, 0.717) is 25.0 Å². The molecule has 6 heteroatoms. The van der Waals surface area contributed by atoms with Crippen LogP contribution in [0.15, 0.2) is 28.7 Å². The highest BCUT2D eigenvalue weighted by atomic mass is 16.5. The van der Waals surface area contributed by atoms with E-state index >= 15 is 0 Å². The molecule has 6 nitrogen and oxygen atoms in total. The molecule has 1 aromatic heterocycles. The maximum atomic E-state index is 5.48. The Labute approximate surface area is 118 Å². The van der Waals surface area contributed by atoms with Crippen LogP contribution < -0.4 is 15.4 Å². The van der Waals surface area contributed by atoms with E-state index in [1.807, 2.05) is 24.3 Å². The highest BCUT2D eigenvalue weighted by Crippen LogP contribution is 2.13. The van der Waals surface area contributed by atoms with Crippen LogP contribution >= 0.6 is 0 Å². The first-order chi connectivity index (χ1) is 9.81. The Hall–Kier alpha value is -2.08. The zero-order valence-corrected chi connectivity index (χ0v) is 11.8. The minimum Gasteiger partial charge on any atom is -0.497 e. The third-order valence-corrected chi connectivity index (χ3v) is 2.77. The van der Waals surface area contributed by atoms with Crippen molar-refractivity contribution in [3.8, 4) is 5.75 Å². The number of benzene rings is 1. The summed E-state index contributed by atoms with van der Waals surface area (Å²) < 4.78 is 10.6. The van der Waals surface area contributed by atoms with Crippen LogP contribution in [0.3, 0.4) is 0 Å². The van der Waals surface area contributed by atoms with E-state index in [2.05, 4.69) is 27.8 Å². The number of aromatic nitrogens is 2. The van der Waals surface area contributed by atoms with Crippen molar-refractivity contribution in [2.75, 3.05) is 19.0 Å². The summed E-state index contributed by atoms with van der Waals surface area (Å²) in [7, 11) is 1.65. The van der Waals surface area contributed by atoms with Gasteiger partial charge >= 0.3 is 6.01 Å². The monoisotopic (exact) mass is 276 g/mol. The Kier molecular flexibility index (Phi) is 5.37. The third kappa shape index (κ3) is 4.24. The van der Waals surface area contributed by atoms with Gasteiger partial charge in [-0.05, 0) is 30.7 Å². The lowest BCUT2D eigenvalue weighted by Crippen LogP contribution is -2.13. The molecule has 0 radical (unpaired) electrons. The van der Waals surface area contributed by atoms with E-state index in [0.717, 1.165) is 24.3 Å². The Morgan fingerprint density at radius 1 is 1.15 bits per heavy atom. The van der Waals surface area contributed by atoms with Gasteiger partial charge in [-0.1, -0.05) is 24.2 Å². The molecule has 0 spiro atoms. The van der Waals surface area contributed by atoms with Gasteiger partial charge in [0.2, 0.25) is 5.89 Å². The summed E-state index contributed by atoms with van der Waals surface area (Å²) >= 11 is 0. The van der Waals surface area contributed by atoms with Gasteiger partial charge in [0, 0.05) is 6.54 Å². The highest BCUT2D eigenvalue weighted by Gasteiger charge is 2.05. The topological polar surface area (TPSA) is 72.2 Å². The first-order valence-electron chi connectivity index (χ1n) is 6.71. The summed E-state index contributed by atoms with van der Waals surface area (Å²) in [4.78, 5) is 0. The van der Waals surface area contributed by atoms with E-state index < -0.39 is 0 Å². The quantitative estimate of drug-likeness (QED) is 0.720. The molecule has 2 rings (SSSR count). The smallest absolute Gasteiger partial charge is 0.315 e. The Morgan fingerprint density at radius 3 is 2.65 bits per heavy atom. The van der Waals surface area contributed by atoms with E-state index in [1.165, 1.54) is 0 Å². The average molecular weight is 276 g/mol. The molecule has 0 amide bonds. The molecule has 1 aromatic carbocycles. The van der Waals surface area contributed by atoms with Gasteiger partial charge in [0.1, 0.15) is 5.75 Å². The molecule has 2 aromatic rings. The summed E-state index contributed by atoms with van der Waals surface area (Å²) in [6, 6.07) is 8.27. The van der Waals surface area contributed by atoms with Crippen molar-refractivity contribution in [1.29, 1.82) is 0 Å². The van der Waals surface area contributed by atoms with Gasteiger partial charge in [0.15, 0.2) is 0 Å². The second-order valence-electron chi connectivity index (χ2n) is 4.38. The molecule has 0 unspecified atom stereocenters. The van der Waals surface area contributed by atoms with E-state index in [1.54, 1.807) is 7.11 Å². The second-order valence-corrected chi connectivity index (χ2v) is 4.38. The molecule has 0 aliphatic carbocycles. The minimum atomic E-state index is 0.439. The number of nitrogens with zero attached hydrogens (tertiary/aromatic N) is 2. The van der Waals surface area contributed by atoms with Gasteiger partial charge in [-0.2, -0.15) is 0 Å². The lowest BCUT2D eigenvalue weighted by molar-refractivity contribution is 0.414. The molecule has 0 atom stereocenters. The molecule has 108 valence electrons. The van der Waals surface area contributed by atoms with Crippen molar-refractivity contribution in [2.45, 2.75) is 26.4 Å². The van der Waals surface area contributed by atoms with Gasteiger partial charge in [0.25, 0.3) is 0 Å². The number of anilines is 1. The average Bonchev–Trinajstić information content (AvgIpc) is 2.94. The van der Waals surface area contributed by atoms with Gasteiger partial charge in [-0.15, -0.1) is 5.10 Å². The fourth-order valence-electron chi connectivity index (χ4n) is 1.69. The molecule has 20 heavy (non-hydrogen) atoms. The molecule has 0 saturated heterocycles. The van der Waals surface area contributed by atoms with Crippen LogP contribution in [0.25, 0.3) is 0 Å². The predicted molar refractivity (Wildman–Crippen MR) is 76.6 cm³/mol. The van der Waals surface area contributed by atoms with Crippen molar-refractivity contribution in [2.24, 2.45) is 0 Å². The summed E-state index contributed by atoms with van der Waals surface area (Å²) in [5.74, 6) is 1.44. The van der Waals surface area contributed by atoms with Crippen LogP contribution in [0, 0.1) is 0 Å². The van der Waals surface area contributed by atoms with Crippen LogP contribution in [0.2, 0.25) is 0 Å². The zero-order chi connectivity index (χ0) is 14.2. The van der Waals surface area contributed by atoms with Crippen LogP contribution in [-0.2, 0) is 13.1 Å². The van der Waals surface area contributed by atoms with Crippen molar-refractivity contribution in [1.82, 2.24) is 15.5 Å². The largest absolute Gasteiger partial charge is 0.497 e. The predicted octanol–water partition coefficient (Wildman–Crippen LogP) is 2.19. The van der Waals surface area contributed by atoms with Crippen LogP contribution in [-0.4, -0.2) is 23.9 Å². The lowest BCUT2D eigenvalue weighted by atomic mass is 10.2. The normalized spacial score (nSPS) is 10.5. The van der Waals surface area contributed by atoms with Crippen LogP contribution in [0.4, 0.5) is 6.01 Å². The Balaban J connectivity index is 1.81. The first-order valence-corrected chi connectivity index (χ1v) is 6.71. The molecule has 1 heterocycles. The molecule has 0 aliphatic heterocycles. The molecule has 0 bridgehead atoms. The minimum absolute atomic E-state index is 0.439. The Morgan fingerprint density at radius 2 is 1.95 bits per heavy atom. The Bertz CT molecular complexity index is 510. The fraction of sp³-hybridized carbons (Fsp3) is 0.429. The third-order valence-electron chi connectivity index (χ3n) is 2.77. The number of nitrogens with one attached hydrogen (secondary N) is 2. The molecular formula is C14H20N4O2. The van der Waals surface area contributed by atoms with Gasteiger partial charge in [-0.25, -0.2) is 0 Å². The van der Waals surface area contributed by atoms with Crippen LogP contribution in [0.1, 0.15) is 24.8 Å². The molecule has 2 N–H and O–H groups in total. The molecule has 0 aliphatic rings. The molecular weight excluding hydrogens is 256 g/mol. The van der Waals surface area contributed by atoms with E-state index in [4.69, 9.17) is 9.15 Å². The molecule has 0 fully saturated rings. The summed E-state index contributed by atoms with van der Waals surface area (Å²) in [6.45, 7) is 4.29. The maximum Gasteiger partial charge on any atom is 0.315 e. The number of hydrogen-bond acceptors (Lipinski definition) is 6. The highest BCUT2D eigenvalue weighted by molar-refractivity contribution is 5.29. The summed E-state index contributed by atoms with van der Waals surface area (Å²) in [5.41, 5.74) is 1.12. The SMILES string of the molecule is CCCNCc1nnc(NCc2ccc(OC)cc2)o1. The molecule has 0 saturated carbocycles. The van der Waals surface area contributed by atoms with Crippen molar-refractivity contribution in [3.05, 3.63) is 35.7 Å². The van der Waals surface area contributed by atoms with Crippen LogP contribution in [0.5, 0.6) is 5.75 Å². The second kappa shape index (κ2) is 7.49. The van der Waals surface area contributed by atoms with Crippen molar-refractivity contribution in [3.63, 3.8) is 0 Å². The van der Waals surface area contributed by atoms with Gasteiger partial charge < -0.3 is 19.8 Å². The maximum absolute atomic E-state index is 5.48. The number of rotatable bonds is 8. The fourth-order valence-corrected chi connectivity index (χ4v) is 1.69. The van der Waals surface area contributed by atoms with Gasteiger partial charge in [0.05, 0.1) is 13.7 Å². The van der Waals surface area contributed by atoms with Crippen molar-refractivity contribution < 1.29 is 9.15 Å². The number of hydrogen-bond donors (Lipinski definition) is 2. The standard InChI is InChI=1S/C14H20N4O2/c1-3-8-15-10-13-17-18-14(20-13)16-9-11-4-6-12(19-2)7-5-11/h4-7,15H,3,8-10H2,1-2H3,(H,16,18). The first kappa shape index (κ1) is 14.3. The summed E-state index contributed by atoms with van der Waals surface area (Å²) in [5, 5.41) is 14.2. The number of ether oxygens (including phenoxy) is 1.